The maximum absolute atomic E-state index is 13.0. The third-order valence-corrected chi connectivity index (χ3v) is 5.66. The number of nitrogens with zero attached hydrogens (tertiary/aromatic N) is 1. The quantitative estimate of drug-likeness (QED) is 0.701. The number of carbonyl (C=O) groups excluding carboxylic acids is 1. The van der Waals surface area contributed by atoms with Gasteiger partial charge in [-0.3, -0.25) is 4.79 Å². The van der Waals surface area contributed by atoms with Crippen molar-refractivity contribution in [3.8, 4) is 0 Å². The summed E-state index contributed by atoms with van der Waals surface area (Å²) in [7, 11) is 0. The first-order valence-electron chi connectivity index (χ1n) is 10.3. The molecule has 29 heavy (non-hydrogen) atoms. The van der Waals surface area contributed by atoms with Crippen molar-refractivity contribution < 1.29 is 4.79 Å². The number of hydrazone groups is 1. The molecule has 0 bridgehead atoms. The summed E-state index contributed by atoms with van der Waals surface area (Å²) in [4.78, 5) is 13.0. The average molecular weight is 389 g/mol. The molecule has 3 atom stereocenters. The molecule has 2 aliphatic carbocycles. The second-order valence-corrected chi connectivity index (χ2v) is 7.83. The lowest BCUT2D eigenvalue weighted by atomic mass is 9.87. The summed E-state index contributed by atoms with van der Waals surface area (Å²) in [5, 5.41) is 7.69. The van der Waals surface area contributed by atoms with Crippen molar-refractivity contribution >= 4 is 11.6 Å². The van der Waals surface area contributed by atoms with E-state index in [9.17, 15) is 4.79 Å². The van der Waals surface area contributed by atoms with Crippen molar-refractivity contribution in [2.45, 2.75) is 32.2 Å². The molecular weight excluding hydrogens is 360 g/mol. The van der Waals surface area contributed by atoms with Crippen LogP contribution in [0.25, 0.3) is 0 Å². The molecule has 1 aromatic rings. The second-order valence-electron chi connectivity index (χ2n) is 7.83. The maximum atomic E-state index is 13.0. The predicted molar refractivity (Wildman–Crippen MR) is 117 cm³/mol. The Balaban J connectivity index is 1.51. The summed E-state index contributed by atoms with van der Waals surface area (Å²) in [5.41, 5.74) is 14.2. The average Bonchev–Trinajstić information content (AvgIpc) is 3.16. The van der Waals surface area contributed by atoms with Crippen LogP contribution in [0.4, 0.5) is 0 Å². The molecule has 1 aromatic carbocycles. The van der Waals surface area contributed by atoms with Crippen LogP contribution >= 0.6 is 0 Å². The van der Waals surface area contributed by atoms with Crippen LogP contribution < -0.4 is 16.5 Å². The van der Waals surface area contributed by atoms with Gasteiger partial charge in [0.15, 0.2) is 0 Å². The Morgan fingerprint density at radius 2 is 2.24 bits per heavy atom. The molecule has 1 aliphatic heterocycles. The van der Waals surface area contributed by atoms with Gasteiger partial charge in [-0.05, 0) is 56.0 Å². The highest BCUT2D eigenvalue weighted by atomic mass is 16.1. The highest BCUT2D eigenvalue weighted by Crippen LogP contribution is 2.27. The van der Waals surface area contributed by atoms with E-state index in [-0.39, 0.29) is 23.8 Å². The van der Waals surface area contributed by atoms with E-state index in [0.29, 0.717) is 13.0 Å². The summed E-state index contributed by atoms with van der Waals surface area (Å²) in [6.45, 7) is 2.56. The molecule has 0 aromatic heterocycles. The topological polar surface area (TPSA) is 79.5 Å². The Hall–Kier alpha value is -2.92. The summed E-state index contributed by atoms with van der Waals surface area (Å²) >= 11 is 0. The van der Waals surface area contributed by atoms with Gasteiger partial charge in [-0.2, -0.15) is 5.10 Å². The first kappa shape index (κ1) is 19.4. The van der Waals surface area contributed by atoms with E-state index in [1.807, 2.05) is 6.08 Å². The minimum absolute atomic E-state index is 0.00241. The lowest BCUT2D eigenvalue weighted by Crippen LogP contribution is -2.35. The molecule has 0 saturated heterocycles. The minimum Gasteiger partial charge on any atom is -0.330 e. The Morgan fingerprint density at radius 1 is 1.34 bits per heavy atom. The summed E-state index contributed by atoms with van der Waals surface area (Å²) < 4.78 is 0. The molecule has 150 valence electrons. The first-order valence-corrected chi connectivity index (χ1v) is 10.3. The van der Waals surface area contributed by atoms with Gasteiger partial charge in [-0.15, -0.1) is 0 Å². The van der Waals surface area contributed by atoms with Crippen LogP contribution in [0.15, 0.2) is 77.1 Å². The van der Waals surface area contributed by atoms with Gasteiger partial charge >= 0.3 is 0 Å². The zero-order chi connectivity index (χ0) is 20.2. The number of aryl methyl sites for hydroxylation is 1. The molecule has 3 aliphatic rings. The van der Waals surface area contributed by atoms with Crippen molar-refractivity contribution in [2.24, 2.45) is 22.7 Å². The van der Waals surface area contributed by atoms with Crippen LogP contribution in [0.1, 0.15) is 30.4 Å². The Bertz CT molecular complexity index is 938. The van der Waals surface area contributed by atoms with Crippen LogP contribution in [-0.2, 0) is 4.79 Å². The monoisotopic (exact) mass is 388 g/mol. The van der Waals surface area contributed by atoms with E-state index in [0.717, 1.165) is 35.4 Å². The van der Waals surface area contributed by atoms with E-state index >= 15 is 0 Å². The standard InChI is InChI=1S/C24H28N4O/c1-16-6-5-9-18(14-16)23-21-15-19(10-11-22(21)27-28-23)26-24(29)20(12-13-25)17-7-3-2-4-8-17/h3,5-11,14-15,20-22,27H,2,4,12-13,25H2,1H3,(H,26,29). The highest BCUT2D eigenvalue weighted by Gasteiger charge is 2.32. The number of amides is 1. The molecule has 3 unspecified atom stereocenters. The van der Waals surface area contributed by atoms with Crippen LogP contribution in [0.5, 0.6) is 0 Å². The second kappa shape index (κ2) is 8.62. The summed E-state index contributed by atoms with van der Waals surface area (Å²) in [6, 6.07) is 8.48. The van der Waals surface area contributed by atoms with Gasteiger partial charge in [0.2, 0.25) is 5.91 Å². The van der Waals surface area contributed by atoms with Crippen LogP contribution in [-0.4, -0.2) is 24.2 Å². The Morgan fingerprint density at radius 3 is 3.00 bits per heavy atom. The normalized spacial score (nSPS) is 23.4. The van der Waals surface area contributed by atoms with Gasteiger partial charge in [0.05, 0.1) is 17.7 Å². The number of carbonyl (C=O) groups is 1. The molecule has 0 fully saturated rings. The lowest BCUT2D eigenvalue weighted by Gasteiger charge is -2.23. The third kappa shape index (κ3) is 4.25. The van der Waals surface area contributed by atoms with Gasteiger partial charge < -0.3 is 16.5 Å². The molecule has 1 heterocycles. The zero-order valence-corrected chi connectivity index (χ0v) is 16.8. The third-order valence-electron chi connectivity index (χ3n) is 5.66. The van der Waals surface area contributed by atoms with E-state index in [1.54, 1.807) is 0 Å². The summed E-state index contributed by atoms with van der Waals surface area (Å²) in [6.07, 6.45) is 15.1. The molecular formula is C24H28N4O. The Kier molecular flexibility index (Phi) is 5.76. The predicted octanol–water partition coefficient (Wildman–Crippen LogP) is 3.10. The smallest absolute Gasteiger partial charge is 0.231 e. The minimum atomic E-state index is -0.213. The Labute approximate surface area is 172 Å². The largest absolute Gasteiger partial charge is 0.330 e. The van der Waals surface area contributed by atoms with Crippen molar-refractivity contribution in [3.63, 3.8) is 0 Å². The number of nitrogens with two attached hydrogens (primary N) is 1. The molecule has 5 heteroatoms. The van der Waals surface area contributed by atoms with Crippen molar-refractivity contribution in [1.82, 2.24) is 10.7 Å². The number of fused-ring (bicyclic) bond motifs is 1. The van der Waals surface area contributed by atoms with Crippen molar-refractivity contribution in [3.05, 3.63) is 83.1 Å². The zero-order valence-electron chi connectivity index (χ0n) is 16.8. The van der Waals surface area contributed by atoms with Gasteiger partial charge in [0.25, 0.3) is 0 Å². The number of hydrogen-bond acceptors (Lipinski definition) is 4. The molecule has 1 amide bonds. The van der Waals surface area contributed by atoms with Crippen LogP contribution in [0.2, 0.25) is 0 Å². The van der Waals surface area contributed by atoms with Crippen LogP contribution in [0, 0.1) is 18.8 Å². The van der Waals surface area contributed by atoms with Gasteiger partial charge in [-0.25, -0.2) is 0 Å². The number of benzene rings is 1. The highest BCUT2D eigenvalue weighted by molar-refractivity contribution is 6.05. The summed E-state index contributed by atoms with van der Waals surface area (Å²) in [5.74, 6) is -0.114. The first-order chi connectivity index (χ1) is 14.2. The molecule has 0 saturated carbocycles. The van der Waals surface area contributed by atoms with E-state index in [2.05, 4.69) is 77.4 Å². The van der Waals surface area contributed by atoms with E-state index in [1.165, 1.54) is 5.56 Å². The lowest BCUT2D eigenvalue weighted by molar-refractivity contribution is -0.123. The number of rotatable bonds is 6. The van der Waals surface area contributed by atoms with Gasteiger partial charge in [-0.1, -0.05) is 54.1 Å². The van der Waals surface area contributed by atoms with E-state index < -0.39 is 0 Å². The molecule has 0 spiro atoms. The maximum Gasteiger partial charge on any atom is 0.231 e. The van der Waals surface area contributed by atoms with Crippen molar-refractivity contribution in [1.29, 1.82) is 0 Å². The SMILES string of the molecule is Cc1cccc(C2=NNC3C=CC(NC(=O)C(CCN)C4=CCCC=C4)=CC23)c1. The molecule has 4 rings (SSSR count). The van der Waals surface area contributed by atoms with Crippen LogP contribution in [0.3, 0.4) is 0 Å². The van der Waals surface area contributed by atoms with Crippen molar-refractivity contribution in [2.75, 3.05) is 6.54 Å². The molecule has 0 radical (unpaired) electrons. The molecule has 4 N–H and O–H groups in total. The van der Waals surface area contributed by atoms with Gasteiger partial charge in [0, 0.05) is 11.6 Å². The number of allylic oxidation sites excluding steroid dienone is 4. The fourth-order valence-electron chi connectivity index (χ4n) is 4.15. The fourth-order valence-corrected chi connectivity index (χ4v) is 4.15. The van der Waals surface area contributed by atoms with Gasteiger partial charge in [0.1, 0.15) is 0 Å². The molecule has 5 nitrogen and oxygen atoms in total. The van der Waals surface area contributed by atoms with E-state index in [4.69, 9.17) is 5.73 Å². The number of nitrogens with one attached hydrogen (secondary N) is 2. The number of hydrogen-bond donors (Lipinski definition) is 3. The fraction of sp³-hybridized carbons (Fsp3) is 0.333.